The fraction of sp³-hybridized carbons (Fsp3) is 0.818. The Labute approximate surface area is 106 Å². The number of rotatable bonds is 3. The third kappa shape index (κ3) is 2.42. The lowest BCUT2D eigenvalue weighted by atomic mass is 9.89. The summed E-state index contributed by atoms with van der Waals surface area (Å²) in [4.78, 5) is 22.8. The number of ether oxygens (including phenoxy) is 1. The molecule has 0 saturated carbocycles. The lowest BCUT2D eigenvalue weighted by Gasteiger charge is -2.31. The van der Waals surface area contributed by atoms with Gasteiger partial charge in [0.05, 0.1) is 17.6 Å². The Balaban J connectivity index is 2.12. The molecule has 0 aromatic rings. The van der Waals surface area contributed by atoms with Gasteiger partial charge in [-0.15, -0.1) is 0 Å². The highest BCUT2D eigenvalue weighted by Crippen LogP contribution is 2.32. The molecule has 0 aromatic heterocycles. The Morgan fingerprint density at radius 1 is 1.28 bits per heavy atom. The van der Waals surface area contributed by atoms with Crippen LogP contribution in [0.25, 0.3) is 0 Å². The van der Waals surface area contributed by atoms with Crippen molar-refractivity contribution in [3.8, 4) is 0 Å². The van der Waals surface area contributed by atoms with Crippen LogP contribution in [0.2, 0.25) is 0 Å². The van der Waals surface area contributed by atoms with Crippen LogP contribution < -0.4 is 0 Å². The Kier molecular flexibility index (Phi) is 3.46. The normalized spacial score (nSPS) is 29.5. The second kappa shape index (κ2) is 4.62. The fourth-order valence-electron chi connectivity index (χ4n) is 2.47. The number of cyclic esters (lactones) is 2. The van der Waals surface area contributed by atoms with E-state index in [0.717, 1.165) is 0 Å². The van der Waals surface area contributed by atoms with Crippen LogP contribution in [0.1, 0.15) is 20.3 Å². The minimum Gasteiger partial charge on any atom is -0.393 e. The molecule has 18 heavy (non-hydrogen) atoms. The van der Waals surface area contributed by atoms with Gasteiger partial charge < -0.3 is 4.74 Å². The molecule has 102 valence electrons. The molecule has 2 heterocycles. The number of esters is 2. The molecular formula is C11H17NO5S. The molecule has 7 heteroatoms. The zero-order valence-electron chi connectivity index (χ0n) is 10.5. The average Bonchev–Trinajstić information content (AvgIpc) is 2.53. The van der Waals surface area contributed by atoms with E-state index in [9.17, 15) is 18.0 Å². The second-order valence-corrected chi connectivity index (χ2v) is 7.29. The first-order valence-corrected chi connectivity index (χ1v) is 7.65. The van der Waals surface area contributed by atoms with Crippen molar-refractivity contribution in [1.82, 2.24) is 4.31 Å². The molecule has 0 amide bonds. The molecule has 2 atom stereocenters. The summed E-state index contributed by atoms with van der Waals surface area (Å²) in [5.41, 5.74) is 0. The van der Waals surface area contributed by atoms with Crippen molar-refractivity contribution in [2.45, 2.75) is 20.3 Å². The van der Waals surface area contributed by atoms with Crippen molar-refractivity contribution in [1.29, 1.82) is 0 Å². The van der Waals surface area contributed by atoms with Crippen LogP contribution in [-0.4, -0.2) is 43.5 Å². The minimum atomic E-state index is -3.35. The van der Waals surface area contributed by atoms with E-state index in [4.69, 9.17) is 0 Å². The molecule has 2 fully saturated rings. The van der Waals surface area contributed by atoms with Gasteiger partial charge in [-0.1, -0.05) is 13.8 Å². The Hall–Kier alpha value is -0.950. The monoisotopic (exact) mass is 275 g/mol. The molecular weight excluding hydrogens is 258 g/mol. The molecule has 6 nitrogen and oxygen atoms in total. The predicted octanol–water partition coefficient (Wildman–Crippen LogP) is -0.00630. The summed E-state index contributed by atoms with van der Waals surface area (Å²) in [6.07, 6.45) is 0.368. The highest BCUT2D eigenvalue weighted by molar-refractivity contribution is 7.89. The van der Waals surface area contributed by atoms with Crippen molar-refractivity contribution in [2.24, 2.45) is 17.8 Å². The van der Waals surface area contributed by atoms with Crippen molar-refractivity contribution < 1.29 is 22.7 Å². The molecule has 0 radical (unpaired) electrons. The first kappa shape index (κ1) is 13.5. The second-order valence-electron chi connectivity index (χ2n) is 5.27. The van der Waals surface area contributed by atoms with Gasteiger partial charge in [0.2, 0.25) is 10.0 Å². The molecule has 2 saturated heterocycles. The van der Waals surface area contributed by atoms with E-state index in [1.807, 2.05) is 13.8 Å². The number of sulfonamides is 1. The van der Waals surface area contributed by atoms with E-state index >= 15 is 0 Å². The fourth-order valence-corrected chi connectivity index (χ4v) is 4.30. The molecule has 0 bridgehead atoms. The number of carbonyl (C=O) groups is 2. The zero-order chi connectivity index (χ0) is 13.5. The molecule has 0 aromatic carbocycles. The van der Waals surface area contributed by atoms with Crippen molar-refractivity contribution in [2.75, 3.05) is 18.8 Å². The molecule has 2 rings (SSSR count). The van der Waals surface area contributed by atoms with Gasteiger partial charge in [-0.05, 0) is 12.3 Å². The third-order valence-corrected chi connectivity index (χ3v) is 5.53. The van der Waals surface area contributed by atoms with Crippen molar-refractivity contribution in [3.05, 3.63) is 0 Å². The van der Waals surface area contributed by atoms with Gasteiger partial charge in [-0.2, -0.15) is 0 Å². The standard InChI is InChI=1S/C11H17NO5S/c1-7(2)6-18(15,16)12-4-3-8-9(5-12)11(14)17-10(8)13/h7-9H,3-6H2,1-2H3. The lowest BCUT2D eigenvalue weighted by molar-refractivity contribution is -0.153. The average molecular weight is 275 g/mol. The number of piperidine rings is 1. The van der Waals surface area contributed by atoms with Crippen LogP contribution in [0.15, 0.2) is 0 Å². The maximum absolute atomic E-state index is 12.1. The predicted molar refractivity (Wildman–Crippen MR) is 62.9 cm³/mol. The maximum Gasteiger partial charge on any atom is 0.318 e. The van der Waals surface area contributed by atoms with E-state index in [1.54, 1.807) is 0 Å². The molecule has 2 unspecified atom stereocenters. The number of hydrogen-bond acceptors (Lipinski definition) is 5. The lowest BCUT2D eigenvalue weighted by Crippen LogP contribution is -2.46. The van der Waals surface area contributed by atoms with Crippen LogP contribution >= 0.6 is 0 Å². The first-order chi connectivity index (χ1) is 8.31. The van der Waals surface area contributed by atoms with Crippen LogP contribution in [0.4, 0.5) is 0 Å². The maximum atomic E-state index is 12.1. The van der Waals surface area contributed by atoms with Crippen LogP contribution in [-0.2, 0) is 24.3 Å². The summed E-state index contributed by atoms with van der Waals surface area (Å²) in [7, 11) is -3.35. The summed E-state index contributed by atoms with van der Waals surface area (Å²) in [6, 6.07) is 0. The Morgan fingerprint density at radius 2 is 1.89 bits per heavy atom. The van der Waals surface area contributed by atoms with E-state index in [2.05, 4.69) is 4.74 Å². The van der Waals surface area contributed by atoms with Gasteiger partial charge in [0.15, 0.2) is 0 Å². The van der Waals surface area contributed by atoms with Gasteiger partial charge >= 0.3 is 11.9 Å². The Morgan fingerprint density at radius 3 is 2.50 bits per heavy atom. The number of hydrogen-bond donors (Lipinski definition) is 0. The van der Waals surface area contributed by atoms with Gasteiger partial charge in [0, 0.05) is 13.1 Å². The van der Waals surface area contributed by atoms with E-state index < -0.39 is 33.8 Å². The smallest absolute Gasteiger partial charge is 0.318 e. The summed E-state index contributed by atoms with van der Waals surface area (Å²) in [6.45, 7) is 4.03. The highest BCUT2D eigenvalue weighted by Gasteiger charge is 2.49. The Bertz CT molecular complexity index is 470. The summed E-state index contributed by atoms with van der Waals surface area (Å²) >= 11 is 0. The van der Waals surface area contributed by atoms with Gasteiger partial charge in [-0.25, -0.2) is 12.7 Å². The quantitative estimate of drug-likeness (QED) is 0.534. The minimum absolute atomic E-state index is 0.0323. The van der Waals surface area contributed by atoms with Crippen LogP contribution in [0.3, 0.4) is 0 Å². The van der Waals surface area contributed by atoms with Gasteiger partial charge in [0.1, 0.15) is 0 Å². The zero-order valence-corrected chi connectivity index (χ0v) is 11.3. The topological polar surface area (TPSA) is 80.8 Å². The van der Waals surface area contributed by atoms with E-state index in [0.29, 0.717) is 13.0 Å². The highest BCUT2D eigenvalue weighted by atomic mass is 32.2. The van der Waals surface area contributed by atoms with Crippen LogP contribution in [0, 0.1) is 17.8 Å². The number of nitrogens with zero attached hydrogens (tertiary/aromatic N) is 1. The van der Waals surface area contributed by atoms with Crippen molar-refractivity contribution >= 4 is 22.0 Å². The van der Waals surface area contributed by atoms with E-state index in [-0.39, 0.29) is 18.2 Å². The van der Waals surface area contributed by atoms with E-state index in [1.165, 1.54) is 4.31 Å². The van der Waals surface area contributed by atoms with Crippen molar-refractivity contribution in [3.63, 3.8) is 0 Å². The van der Waals surface area contributed by atoms with Crippen LogP contribution in [0.5, 0.6) is 0 Å². The SMILES string of the molecule is CC(C)CS(=O)(=O)N1CCC2C(=O)OC(=O)C2C1. The molecule has 0 aliphatic carbocycles. The summed E-state index contributed by atoms with van der Waals surface area (Å²) < 4.78 is 30.0. The third-order valence-electron chi connectivity index (χ3n) is 3.32. The van der Waals surface area contributed by atoms with Gasteiger partial charge in [-0.3, -0.25) is 9.59 Å². The molecule has 2 aliphatic rings. The largest absolute Gasteiger partial charge is 0.393 e. The number of carbonyl (C=O) groups excluding carboxylic acids is 2. The number of fused-ring (bicyclic) bond motifs is 1. The summed E-state index contributed by atoms with van der Waals surface area (Å²) in [5.74, 6) is -2.07. The molecule has 0 N–H and O–H groups in total. The summed E-state index contributed by atoms with van der Waals surface area (Å²) in [5, 5.41) is 0. The molecule has 0 spiro atoms. The first-order valence-electron chi connectivity index (χ1n) is 6.04. The van der Waals surface area contributed by atoms with Gasteiger partial charge in [0.25, 0.3) is 0 Å². The molecule has 2 aliphatic heterocycles.